The minimum Gasteiger partial charge on any atom is -0.268 e. The third-order valence-electron chi connectivity index (χ3n) is 3.34. The zero-order valence-corrected chi connectivity index (χ0v) is 12.9. The molecule has 0 spiro atoms. The van der Waals surface area contributed by atoms with E-state index >= 15 is 0 Å². The first-order valence-corrected chi connectivity index (χ1v) is 9.06. The number of sulfonamides is 1. The van der Waals surface area contributed by atoms with Gasteiger partial charge in [0.05, 0.1) is 16.7 Å². The van der Waals surface area contributed by atoms with Gasteiger partial charge in [-0.05, 0) is 37.3 Å². The molecule has 3 rings (SSSR count). The molecule has 0 atom stereocenters. The number of hydrogen-bond acceptors (Lipinski definition) is 4. The topological polar surface area (TPSA) is 64.0 Å². The van der Waals surface area contributed by atoms with E-state index in [1.54, 1.807) is 11.3 Å². The fourth-order valence-electron chi connectivity index (χ4n) is 2.07. The zero-order chi connectivity index (χ0) is 14.2. The highest BCUT2D eigenvalue weighted by Crippen LogP contribution is 2.27. The monoisotopic (exact) mass is 311 g/mol. The maximum absolute atomic E-state index is 11.7. The minimum atomic E-state index is -3.10. The molecule has 2 aromatic heterocycles. The molecule has 2 aromatic rings. The highest BCUT2D eigenvalue weighted by atomic mass is 32.2. The molecule has 2 heterocycles. The van der Waals surface area contributed by atoms with Gasteiger partial charge in [-0.3, -0.25) is 4.68 Å². The predicted octanol–water partition coefficient (Wildman–Crippen LogP) is 2.00. The van der Waals surface area contributed by atoms with E-state index in [4.69, 9.17) is 0 Å². The summed E-state index contributed by atoms with van der Waals surface area (Å²) in [4.78, 5) is 1.13. The van der Waals surface area contributed by atoms with E-state index in [9.17, 15) is 8.42 Å². The van der Waals surface area contributed by atoms with Crippen LogP contribution in [-0.2, 0) is 16.6 Å². The lowest BCUT2D eigenvalue weighted by atomic mass is 10.3. The molecular weight excluding hydrogens is 294 g/mol. The maximum Gasteiger partial charge on any atom is 0.214 e. The number of rotatable bonds is 6. The lowest BCUT2D eigenvalue weighted by Gasteiger charge is -2.06. The van der Waals surface area contributed by atoms with Crippen molar-refractivity contribution < 1.29 is 8.42 Å². The van der Waals surface area contributed by atoms with Gasteiger partial charge >= 0.3 is 0 Å². The lowest BCUT2D eigenvalue weighted by Crippen LogP contribution is -2.30. The van der Waals surface area contributed by atoms with Gasteiger partial charge in [-0.2, -0.15) is 5.10 Å². The molecular formula is C13H17N3O2S2. The second-order valence-corrected chi connectivity index (χ2v) is 8.00. The molecule has 1 saturated carbocycles. The summed E-state index contributed by atoms with van der Waals surface area (Å²) in [5, 5.41) is 6.38. The second kappa shape index (κ2) is 5.31. The SMILES string of the molecule is Cc1cc(-c2cccs2)nn1CCNS(=O)(=O)C1CC1. The predicted molar refractivity (Wildman–Crippen MR) is 80.2 cm³/mol. The maximum atomic E-state index is 11.7. The molecule has 0 radical (unpaired) electrons. The Morgan fingerprint density at radius 2 is 2.30 bits per heavy atom. The summed E-state index contributed by atoms with van der Waals surface area (Å²) in [6.07, 6.45) is 1.58. The molecule has 1 N–H and O–H groups in total. The van der Waals surface area contributed by atoms with Gasteiger partial charge in [-0.25, -0.2) is 13.1 Å². The first kappa shape index (κ1) is 13.8. The average molecular weight is 311 g/mol. The molecule has 0 unspecified atom stereocenters. The molecule has 0 aromatic carbocycles. The van der Waals surface area contributed by atoms with E-state index in [0.29, 0.717) is 13.1 Å². The molecule has 0 saturated heterocycles. The summed E-state index contributed by atoms with van der Waals surface area (Å²) in [7, 11) is -3.10. The van der Waals surface area contributed by atoms with Crippen LogP contribution in [0.2, 0.25) is 0 Å². The average Bonchev–Trinajstić information content (AvgIpc) is 3.01. The van der Waals surface area contributed by atoms with Crippen molar-refractivity contribution in [2.24, 2.45) is 0 Å². The molecule has 5 nitrogen and oxygen atoms in total. The number of hydrogen-bond donors (Lipinski definition) is 1. The Kier molecular flexibility index (Phi) is 3.66. The Morgan fingerprint density at radius 1 is 1.50 bits per heavy atom. The van der Waals surface area contributed by atoms with Crippen LogP contribution in [0.5, 0.6) is 0 Å². The van der Waals surface area contributed by atoms with Crippen LogP contribution in [0.3, 0.4) is 0 Å². The van der Waals surface area contributed by atoms with Crippen LogP contribution in [0.25, 0.3) is 10.6 Å². The van der Waals surface area contributed by atoms with Crippen LogP contribution in [0, 0.1) is 6.92 Å². The van der Waals surface area contributed by atoms with Gasteiger partial charge in [0.1, 0.15) is 5.69 Å². The molecule has 0 amide bonds. The molecule has 1 fully saturated rings. The third kappa shape index (κ3) is 2.94. The van der Waals surface area contributed by atoms with Gasteiger partial charge in [-0.15, -0.1) is 11.3 Å². The highest BCUT2D eigenvalue weighted by Gasteiger charge is 2.35. The second-order valence-electron chi connectivity index (χ2n) is 5.01. The van der Waals surface area contributed by atoms with E-state index in [2.05, 4.69) is 9.82 Å². The van der Waals surface area contributed by atoms with Gasteiger partial charge in [0.2, 0.25) is 10.0 Å². The summed E-state index contributed by atoms with van der Waals surface area (Å²) < 4.78 is 27.9. The fraction of sp³-hybridized carbons (Fsp3) is 0.462. The largest absolute Gasteiger partial charge is 0.268 e. The van der Waals surface area contributed by atoms with Crippen molar-refractivity contribution in [3.8, 4) is 10.6 Å². The molecule has 0 bridgehead atoms. The summed E-state index contributed by atoms with van der Waals surface area (Å²) in [6.45, 7) is 2.94. The van der Waals surface area contributed by atoms with Crippen LogP contribution in [-0.4, -0.2) is 30.0 Å². The smallest absolute Gasteiger partial charge is 0.214 e. The van der Waals surface area contributed by atoms with Gasteiger partial charge in [0.15, 0.2) is 0 Å². The molecule has 7 heteroatoms. The highest BCUT2D eigenvalue weighted by molar-refractivity contribution is 7.90. The number of nitrogens with one attached hydrogen (secondary N) is 1. The number of aromatic nitrogens is 2. The summed E-state index contributed by atoms with van der Waals surface area (Å²) in [5.41, 5.74) is 1.99. The van der Waals surface area contributed by atoms with E-state index in [1.807, 2.05) is 35.2 Å². The lowest BCUT2D eigenvalue weighted by molar-refractivity contribution is 0.555. The Morgan fingerprint density at radius 3 is 2.95 bits per heavy atom. The van der Waals surface area contributed by atoms with Gasteiger partial charge < -0.3 is 0 Å². The van der Waals surface area contributed by atoms with Crippen molar-refractivity contribution in [1.82, 2.24) is 14.5 Å². The van der Waals surface area contributed by atoms with Gasteiger partial charge in [0, 0.05) is 12.2 Å². The van der Waals surface area contributed by atoms with E-state index in [1.165, 1.54) is 0 Å². The molecule has 0 aliphatic heterocycles. The molecule has 1 aliphatic rings. The van der Waals surface area contributed by atoms with Crippen LogP contribution in [0.1, 0.15) is 18.5 Å². The van der Waals surface area contributed by atoms with Crippen molar-refractivity contribution in [2.75, 3.05) is 6.54 Å². The van der Waals surface area contributed by atoms with Crippen molar-refractivity contribution >= 4 is 21.4 Å². The number of nitrogens with zero attached hydrogens (tertiary/aromatic N) is 2. The Labute approximate surface area is 122 Å². The van der Waals surface area contributed by atoms with Crippen LogP contribution < -0.4 is 4.72 Å². The number of aryl methyl sites for hydroxylation is 1. The van der Waals surface area contributed by atoms with E-state index in [0.717, 1.165) is 29.1 Å². The van der Waals surface area contributed by atoms with E-state index < -0.39 is 10.0 Å². The summed E-state index contributed by atoms with van der Waals surface area (Å²) in [6, 6.07) is 6.06. The normalized spacial score (nSPS) is 15.7. The quantitative estimate of drug-likeness (QED) is 0.887. The zero-order valence-electron chi connectivity index (χ0n) is 11.2. The molecule has 20 heavy (non-hydrogen) atoms. The van der Waals surface area contributed by atoms with Crippen LogP contribution >= 0.6 is 11.3 Å². The van der Waals surface area contributed by atoms with Crippen molar-refractivity contribution in [3.05, 3.63) is 29.3 Å². The Hall–Kier alpha value is -1.18. The third-order valence-corrected chi connectivity index (χ3v) is 6.19. The van der Waals surface area contributed by atoms with Gasteiger partial charge in [0.25, 0.3) is 0 Å². The van der Waals surface area contributed by atoms with Crippen LogP contribution in [0.4, 0.5) is 0 Å². The van der Waals surface area contributed by atoms with Crippen molar-refractivity contribution in [2.45, 2.75) is 31.6 Å². The number of thiophene rings is 1. The van der Waals surface area contributed by atoms with Crippen LogP contribution in [0.15, 0.2) is 23.6 Å². The summed E-state index contributed by atoms with van der Waals surface area (Å²) >= 11 is 1.65. The van der Waals surface area contributed by atoms with Crippen molar-refractivity contribution in [1.29, 1.82) is 0 Å². The molecule has 1 aliphatic carbocycles. The molecule has 108 valence electrons. The minimum absolute atomic E-state index is 0.164. The Balaban J connectivity index is 1.63. The first-order chi connectivity index (χ1) is 9.56. The standard InChI is InChI=1S/C13H17N3O2S2/c1-10-9-12(13-3-2-8-19-13)15-16(10)7-6-14-20(17,18)11-4-5-11/h2-3,8-9,11,14H,4-7H2,1H3. The van der Waals surface area contributed by atoms with Gasteiger partial charge in [-0.1, -0.05) is 6.07 Å². The Bertz CT molecular complexity index is 685. The van der Waals surface area contributed by atoms with E-state index in [-0.39, 0.29) is 5.25 Å². The van der Waals surface area contributed by atoms with Crippen molar-refractivity contribution in [3.63, 3.8) is 0 Å². The summed E-state index contributed by atoms with van der Waals surface area (Å²) in [5.74, 6) is 0. The fourth-order valence-corrected chi connectivity index (χ4v) is 4.12. The first-order valence-electron chi connectivity index (χ1n) is 6.63.